The lowest BCUT2D eigenvalue weighted by atomic mass is 10.2. The normalized spacial score (nSPS) is 10.7. The van der Waals surface area contributed by atoms with Crippen molar-refractivity contribution >= 4 is 23.6 Å². The van der Waals surface area contributed by atoms with Crippen molar-refractivity contribution in [2.75, 3.05) is 7.11 Å². The Morgan fingerprint density at radius 3 is 2.41 bits per heavy atom. The lowest BCUT2D eigenvalue weighted by molar-refractivity contribution is -0.123. The van der Waals surface area contributed by atoms with Gasteiger partial charge in [0.2, 0.25) is 5.91 Å². The van der Waals surface area contributed by atoms with Crippen molar-refractivity contribution in [1.82, 2.24) is 10.9 Å². The van der Waals surface area contributed by atoms with Crippen molar-refractivity contribution in [1.29, 1.82) is 0 Å². The first kappa shape index (κ1) is 18.0. The van der Waals surface area contributed by atoms with Gasteiger partial charge < -0.3 is 9.47 Å². The molecule has 0 spiro atoms. The van der Waals surface area contributed by atoms with Crippen LogP contribution in [0.15, 0.2) is 24.3 Å². The maximum Gasteiger partial charge on any atom is 0.426 e. The zero-order chi connectivity index (χ0) is 16.6. The summed E-state index contributed by atoms with van der Waals surface area (Å²) in [5, 5.41) is -3.45. The minimum Gasteiger partial charge on any atom is -0.497 e. The highest BCUT2D eigenvalue weighted by Crippen LogP contribution is 2.24. The number of carbonyl (C=O) groups is 2. The van der Waals surface area contributed by atoms with Gasteiger partial charge in [0.1, 0.15) is 12.4 Å². The molecule has 6 nitrogen and oxygen atoms in total. The number of methoxy groups -OCH3 is 1. The number of hydrogen-bond acceptors (Lipinski definition) is 4. The summed E-state index contributed by atoms with van der Waals surface area (Å²) in [6.07, 6.45) is -2.28. The minimum atomic E-state index is -3.45. The molecule has 2 N–H and O–H groups in total. The third-order valence-corrected chi connectivity index (χ3v) is 2.66. The molecule has 22 heavy (non-hydrogen) atoms. The highest BCUT2D eigenvalue weighted by Gasteiger charge is 2.25. The molecule has 0 bridgehead atoms. The Labute approximate surface area is 130 Å². The van der Waals surface area contributed by atoms with Crippen molar-refractivity contribution in [3.05, 3.63) is 29.8 Å². The average Bonchev–Trinajstić information content (AvgIpc) is 2.48. The van der Waals surface area contributed by atoms with Crippen LogP contribution in [0.5, 0.6) is 5.75 Å². The fourth-order valence-corrected chi connectivity index (χ4v) is 1.44. The summed E-state index contributed by atoms with van der Waals surface area (Å²) in [4.78, 5) is 22.4. The van der Waals surface area contributed by atoms with Crippen LogP contribution in [0.3, 0.4) is 0 Å². The van der Waals surface area contributed by atoms with E-state index in [1.165, 1.54) is 7.11 Å². The molecular weight excluding hydrogens is 322 g/mol. The first-order valence-corrected chi connectivity index (χ1v) is 6.59. The largest absolute Gasteiger partial charge is 0.497 e. The Kier molecular flexibility index (Phi) is 6.84. The van der Waals surface area contributed by atoms with Crippen LogP contribution in [0.4, 0.5) is 13.6 Å². The van der Waals surface area contributed by atoms with E-state index in [1.54, 1.807) is 24.3 Å². The van der Waals surface area contributed by atoms with Crippen LogP contribution in [0.1, 0.15) is 18.4 Å². The summed E-state index contributed by atoms with van der Waals surface area (Å²) >= 11 is 4.64. The number of amides is 2. The van der Waals surface area contributed by atoms with E-state index in [0.717, 1.165) is 0 Å². The van der Waals surface area contributed by atoms with Crippen molar-refractivity contribution in [2.45, 2.75) is 24.8 Å². The molecule has 1 aromatic rings. The van der Waals surface area contributed by atoms with E-state index in [2.05, 4.69) is 11.6 Å². The molecule has 1 aromatic carbocycles. The van der Waals surface area contributed by atoms with Crippen molar-refractivity contribution in [3.8, 4) is 5.75 Å². The molecule has 0 aromatic heterocycles. The Morgan fingerprint density at radius 2 is 1.86 bits per heavy atom. The van der Waals surface area contributed by atoms with Crippen LogP contribution in [0.25, 0.3) is 0 Å². The summed E-state index contributed by atoms with van der Waals surface area (Å²) < 4.78 is 34.4. The quantitative estimate of drug-likeness (QED) is 0.618. The van der Waals surface area contributed by atoms with Crippen molar-refractivity contribution in [3.63, 3.8) is 0 Å². The van der Waals surface area contributed by atoms with Crippen LogP contribution in [0, 0.1) is 0 Å². The zero-order valence-corrected chi connectivity index (χ0v) is 12.5. The van der Waals surface area contributed by atoms with Gasteiger partial charge in [-0.1, -0.05) is 12.1 Å². The topological polar surface area (TPSA) is 76.7 Å². The van der Waals surface area contributed by atoms with Crippen molar-refractivity contribution < 1.29 is 27.8 Å². The molecule has 0 aliphatic carbocycles. The number of rotatable bonds is 6. The van der Waals surface area contributed by atoms with Gasteiger partial charge in [-0.05, 0) is 29.3 Å². The number of nitrogens with one attached hydrogen (secondary N) is 2. The van der Waals surface area contributed by atoms with Gasteiger partial charge in [-0.2, -0.15) is 8.78 Å². The number of alkyl halides is 3. The fraction of sp³-hybridized carbons (Fsp3) is 0.385. The van der Waals surface area contributed by atoms with Crippen molar-refractivity contribution in [2.24, 2.45) is 0 Å². The summed E-state index contributed by atoms with van der Waals surface area (Å²) in [6.45, 7) is -0.0224. The van der Waals surface area contributed by atoms with Crippen LogP contribution in [-0.4, -0.2) is 24.5 Å². The SMILES string of the molecule is COc1ccc(COC(=O)NNC(=O)CCC(F)(F)Cl)cc1. The van der Waals surface area contributed by atoms with Crippen LogP contribution < -0.4 is 15.6 Å². The minimum absolute atomic E-state index is 0.0224. The molecule has 0 radical (unpaired) electrons. The van der Waals surface area contributed by atoms with Crippen LogP contribution in [-0.2, 0) is 16.1 Å². The van der Waals surface area contributed by atoms with Gasteiger partial charge >= 0.3 is 11.5 Å². The molecule has 0 saturated heterocycles. The molecule has 0 aliphatic heterocycles. The Morgan fingerprint density at radius 1 is 1.23 bits per heavy atom. The third-order valence-electron chi connectivity index (χ3n) is 2.47. The summed E-state index contributed by atoms with van der Waals surface area (Å²) in [6, 6.07) is 6.80. The van der Waals surface area contributed by atoms with Gasteiger partial charge in [-0.3, -0.25) is 10.2 Å². The number of carbonyl (C=O) groups excluding carboxylic acids is 2. The summed E-state index contributed by atoms with van der Waals surface area (Å²) in [5.41, 5.74) is 4.58. The predicted octanol–water partition coefficient (Wildman–Crippen LogP) is 2.56. The number of benzene rings is 1. The molecule has 0 atom stereocenters. The lowest BCUT2D eigenvalue weighted by Gasteiger charge is -2.10. The van der Waals surface area contributed by atoms with E-state index in [1.807, 2.05) is 10.9 Å². The van der Waals surface area contributed by atoms with E-state index < -0.39 is 30.2 Å². The number of halogens is 3. The maximum atomic E-state index is 12.3. The monoisotopic (exact) mass is 336 g/mol. The van der Waals surface area contributed by atoms with Gasteiger partial charge in [-0.15, -0.1) is 0 Å². The molecule has 0 unspecified atom stereocenters. The lowest BCUT2D eigenvalue weighted by Crippen LogP contribution is -2.42. The van der Waals surface area contributed by atoms with Gasteiger partial charge in [0.15, 0.2) is 0 Å². The molecule has 0 heterocycles. The molecule has 0 saturated carbocycles. The first-order valence-electron chi connectivity index (χ1n) is 6.21. The number of hydrogen-bond donors (Lipinski definition) is 2. The van der Waals surface area contributed by atoms with Gasteiger partial charge in [0, 0.05) is 12.8 Å². The van der Waals surface area contributed by atoms with Gasteiger partial charge in [0.25, 0.3) is 0 Å². The van der Waals surface area contributed by atoms with Crippen LogP contribution >= 0.6 is 11.6 Å². The van der Waals surface area contributed by atoms with E-state index in [-0.39, 0.29) is 6.61 Å². The van der Waals surface area contributed by atoms with Gasteiger partial charge in [-0.25, -0.2) is 10.2 Å². The molecule has 0 fully saturated rings. The van der Waals surface area contributed by atoms with E-state index in [4.69, 9.17) is 9.47 Å². The molecule has 0 aliphatic rings. The second-order valence-corrected chi connectivity index (χ2v) is 4.77. The second-order valence-electron chi connectivity index (χ2n) is 4.21. The predicted molar refractivity (Wildman–Crippen MR) is 74.5 cm³/mol. The smallest absolute Gasteiger partial charge is 0.426 e. The van der Waals surface area contributed by atoms with E-state index >= 15 is 0 Å². The Balaban J connectivity index is 2.24. The number of ether oxygens (including phenoxy) is 2. The molecule has 122 valence electrons. The number of hydrazine groups is 1. The fourth-order valence-electron chi connectivity index (χ4n) is 1.35. The van der Waals surface area contributed by atoms with Gasteiger partial charge in [0.05, 0.1) is 7.11 Å². The second kappa shape index (κ2) is 8.38. The third kappa shape index (κ3) is 7.63. The molecule has 1 rings (SSSR count). The van der Waals surface area contributed by atoms with Crippen LogP contribution in [0.2, 0.25) is 0 Å². The first-order chi connectivity index (χ1) is 10.3. The van der Waals surface area contributed by atoms with E-state index in [0.29, 0.717) is 11.3 Å². The average molecular weight is 337 g/mol. The summed E-state index contributed by atoms with van der Waals surface area (Å²) in [5.74, 6) is -0.140. The Hall–Kier alpha value is -2.09. The molecule has 2 amide bonds. The highest BCUT2D eigenvalue weighted by atomic mass is 35.5. The van der Waals surface area contributed by atoms with E-state index in [9.17, 15) is 18.4 Å². The summed E-state index contributed by atoms with van der Waals surface area (Å²) in [7, 11) is 1.53. The standard InChI is InChI=1S/C13H15ClF2N2O4/c1-21-10-4-2-9(3-5-10)8-22-12(20)18-17-11(19)6-7-13(14,15)16/h2-5H,6-8H2,1H3,(H,17,19)(H,18,20). The molecule has 9 heteroatoms. The zero-order valence-electron chi connectivity index (χ0n) is 11.7. The maximum absolute atomic E-state index is 12.3. The molecular formula is C13H15ClF2N2O4. The highest BCUT2D eigenvalue weighted by molar-refractivity contribution is 6.21. The Bertz CT molecular complexity index is 506.